The highest BCUT2D eigenvalue weighted by molar-refractivity contribution is 5.75. The van der Waals surface area contributed by atoms with Crippen molar-refractivity contribution < 1.29 is 5.11 Å². The lowest BCUT2D eigenvalue weighted by atomic mass is 10.1. The number of benzene rings is 2. The predicted octanol–water partition coefficient (Wildman–Crippen LogP) is 2.86. The number of para-hydroxylation sites is 1. The third kappa shape index (κ3) is 2.11. The summed E-state index contributed by atoms with van der Waals surface area (Å²) in [6, 6.07) is 15.6. The number of aliphatic hydroxyl groups is 1. The fourth-order valence-electron chi connectivity index (χ4n) is 2.13. The van der Waals surface area contributed by atoms with Crippen molar-refractivity contribution in [2.24, 2.45) is 0 Å². The highest BCUT2D eigenvalue weighted by Gasteiger charge is 2.07. The van der Waals surface area contributed by atoms with Crippen LogP contribution in [0.1, 0.15) is 25.0 Å². The van der Waals surface area contributed by atoms with Crippen LogP contribution in [-0.2, 0) is 0 Å². The van der Waals surface area contributed by atoms with Gasteiger partial charge >= 0.3 is 0 Å². The Labute approximate surface area is 111 Å². The first-order chi connectivity index (χ1) is 9.29. The maximum atomic E-state index is 9.79. The summed E-state index contributed by atoms with van der Waals surface area (Å²) >= 11 is 0. The summed E-state index contributed by atoms with van der Waals surface area (Å²) in [6.45, 7) is 1.96. The van der Waals surface area contributed by atoms with E-state index in [0.717, 1.165) is 22.3 Å². The van der Waals surface area contributed by atoms with Crippen LogP contribution in [0.2, 0.25) is 0 Å². The third-order valence-corrected chi connectivity index (χ3v) is 3.26. The van der Waals surface area contributed by atoms with E-state index in [1.165, 1.54) is 0 Å². The van der Waals surface area contributed by atoms with Crippen LogP contribution in [0, 0.1) is 0 Å². The van der Waals surface area contributed by atoms with Crippen LogP contribution in [0.25, 0.3) is 16.7 Å². The van der Waals surface area contributed by atoms with E-state index in [2.05, 4.69) is 10.3 Å². The molecule has 0 aliphatic carbocycles. The van der Waals surface area contributed by atoms with Crippen LogP contribution in [0.3, 0.4) is 0 Å². The molecule has 3 aromatic rings. The number of nitrogens with zero attached hydrogens (tertiary/aromatic N) is 3. The maximum Gasteiger partial charge on any atom is 0.113 e. The van der Waals surface area contributed by atoms with E-state index in [4.69, 9.17) is 0 Å². The van der Waals surface area contributed by atoms with Crippen molar-refractivity contribution in [3.05, 3.63) is 54.1 Å². The molecule has 19 heavy (non-hydrogen) atoms. The summed E-state index contributed by atoms with van der Waals surface area (Å²) in [5.41, 5.74) is 3.72. The molecule has 4 heteroatoms. The molecule has 0 spiro atoms. The van der Waals surface area contributed by atoms with Crippen LogP contribution < -0.4 is 0 Å². The Morgan fingerprint density at radius 3 is 2.58 bits per heavy atom. The van der Waals surface area contributed by atoms with Gasteiger partial charge in [-0.25, -0.2) is 4.68 Å². The van der Waals surface area contributed by atoms with Gasteiger partial charge in [-0.05, 0) is 36.2 Å². The summed E-state index contributed by atoms with van der Waals surface area (Å²) in [5, 5.41) is 18.1. The molecule has 1 N–H and O–H groups in total. The number of aliphatic hydroxyl groups excluding tert-OH is 1. The highest BCUT2D eigenvalue weighted by Crippen LogP contribution is 2.20. The largest absolute Gasteiger partial charge is 0.388 e. The molecule has 1 atom stereocenters. The Balaban J connectivity index is 2.02. The first-order valence-corrected chi connectivity index (χ1v) is 6.38. The smallest absolute Gasteiger partial charge is 0.113 e. The van der Waals surface area contributed by atoms with Gasteiger partial charge in [0, 0.05) is 0 Å². The molecule has 2 aromatic carbocycles. The monoisotopic (exact) mass is 253 g/mol. The molecule has 0 aliphatic rings. The molecule has 0 unspecified atom stereocenters. The topological polar surface area (TPSA) is 50.9 Å². The van der Waals surface area contributed by atoms with E-state index in [1.54, 1.807) is 4.68 Å². The average molecular weight is 253 g/mol. The Bertz CT molecular complexity index is 688. The fraction of sp³-hybridized carbons (Fsp3) is 0.200. The Morgan fingerprint density at radius 1 is 1.11 bits per heavy atom. The van der Waals surface area contributed by atoms with Crippen molar-refractivity contribution in [1.29, 1.82) is 0 Å². The molecular weight excluding hydrogens is 238 g/mol. The van der Waals surface area contributed by atoms with Crippen molar-refractivity contribution in [3.8, 4) is 5.69 Å². The Kier molecular flexibility index (Phi) is 3.01. The summed E-state index contributed by atoms with van der Waals surface area (Å²) in [4.78, 5) is 0. The molecule has 0 saturated heterocycles. The van der Waals surface area contributed by atoms with Crippen LogP contribution in [0.4, 0.5) is 0 Å². The first-order valence-electron chi connectivity index (χ1n) is 6.38. The number of aromatic nitrogens is 3. The van der Waals surface area contributed by atoms with Crippen molar-refractivity contribution >= 4 is 11.0 Å². The second-order valence-corrected chi connectivity index (χ2v) is 4.51. The van der Waals surface area contributed by atoms with Gasteiger partial charge in [-0.3, -0.25) is 0 Å². The van der Waals surface area contributed by atoms with E-state index in [-0.39, 0.29) is 0 Å². The zero-order chi connectivity index (χ0) is 13.2. The van der Waals surface area contributed by atoms with Gasteiger partial charge in [0.05, 0.1) is 17.3 Å². The molecule has 0 bridgehead atoms. The molecule has 0 fully saturated rings. The minimum atomic E-state index is -0.401. The Hall–Kier alpha value is -2.20. The molecule has 0 radical (unpaired) electrons. The lowest BCUT2D eigenvalue weighted by Crippen LogP contribution is -1.99. The SMILES string of the molecule is CC[C@@H](O)c1ccc(-n2nnc3ccccc32)cc1. The van der Waals surface area contributed by atoms with Crippen LogP contribution in [0.5, 0.6) is 0 Å². The molecule has 0 amide bonds. The van der Waals surface area contributed by atoms with Crippen molar-refractivity contribution in [3.63, 3.8) is 0 Å². The molecule has 96 valence electrons. The molecule has 1 aromatic heterocycles. The maximum absolute atomic E-state index is 9.79. The lowest BCUT2D eigenvalue weighted by molar-refractivity contribution is 0.173. The second-order valence-electron chi connectivity index (χ2n) is 4.51. The van der Waals surface area contributed by atoms with Crippen molar-refractivity contribution in [2.75, 3.05) is 0 Å². The van der Waals surface area contributed by atoms with Gasteiger partial charge in [-0.2, -0.15) is 0 Å². The molecule has 3 rings (SSSR count). The minimum Gasteiger partial charge on any atom is -0.388 e. The number of rotatable bonds is 3. The Morgan fingerprint density at radius 2 is 1.84 bits per heavy atom. The summed E-state index contributed by atoms with van der Waals surface area (Å²) < 4.78 is 1.80. The van der Waals surface area contributed by atoms with Gasteiger partial charge in [0.2, 0.25) is 0 Å². The standard InChI is InChI=1S/C15H15N3O/c1-2-15(19)11-7-9-12(10-8-11)18-14-6-4-3-5-13(14)16-17-18/h3-10,15,19H,2H2,1H3/t15-/m1/s1. The van der Waals surface area contributed by atoms with Gasteiger partial charge in [-0.1, -0.05) is 36.4 Å². The van der Waals surface area contributed by atoms with E-state index in [9.17, 15) is 5.11 Å². The molecule has 4 nitrogen and oxygen atoms in total. The second kappa shape index (κ2) is 4.82. The quantitative estimate of drug-likeness (QED) is 0.780. The van der Waals surface area contributed by atoms with Gasteiger partial charge in [0.1, 0.15) is 5.52 Å². The van der Waals surface area contributed by atoms with Gasteiger partial charge in [-0.15, -0.1) is 5.10 Å². The van der Waals surface area contributed by atoms with E-state index in [0.29, 0.717) is 6.42 Å². The number of hydrogen-bond acceptors (Lipinski definition) is 3. The van der Waals surface area contributed by atoms with Crippen LogP contribution in [-0.4, -0.2) is 20.1 Å². The van der Waals surface area contributed by atoms with E-state index < -0.39 is 6.10 Å². The van der Waals surface area contributed by atoms with Crippen LogP contribution >= 0.6 is 0 Å². The highest BCUT2D eigenvalue weighted by atomic mass is 16.3. The number of fused-ring (bicyclic) bond motifs is 1. The van der Waals surface area contributed by atoms with Gasteiger partial charge < -0.3 is 5.11 Å². The third-order valence-electron chi connectivity index (χ3n) is 3.26. The predicted molar refractivity (Wildman–Crippen MR) is 74.1 cm³/mol. The van der Waals surface area contributed by atoms with Crippen LogP contribution in [0.15, 0.2) is 48.5 Å². The molecular formula is C15H15N3O. The summed E-state index contributed by atoms with van der Waals surface area (Å²) in [7, 11) is 0. The molecule has 0 saturated carbocycles. The zero-order valence-electron chi connectivity index (χ0n) is 10.7. The summed E-state index contributed by atoms with van der Waals surface area (Å²) in [6.07, 6.45) is 0.313. The van der Waals surface area contributed by atoms with Gasteiger partial charge in [0.15, 0.2) is 0 Å². The van der Waals surface area contributed by atoms with Crippen molar-refractivity contribution in [2.45, 2.75) is 19.4 Å². The van der Waals surface area contributed by atoms with E-state index >= 15 is 0 Å². The first kappa shape index (κ1) is 11.9. The van der Waals surface area contributed by atoms with E-state index in [1.807, 2.05) is 55.5 Å². The molecule has 1 heterocycles. The zero-order valence-corrected chi connectivity index (χ0v) is 10.7. The van der Waals surface area contributed by atoms with Gasteiger partial charge in [0.25, 0.3) is 0 Å². The lowest BCUT2D eigenvalue weighted by Gasteiger charge is -2.09. The average Bonchev–Trinajstić information content (AvgIpc) is 2.90. The minimum absolute atomic E-state index is 0.401. The fourth-order valence-corrected chi connectivity index (χ4v) is 2.13. The van der Waals surface area contributed by atoms with Crippen molar-refractivity contribution in [1.82, 2.24) is 15.0 Å². The molecule has 0 aliphatic heterocycles. The summed E-state index contributed by atoms with van der Waals surface area (Å²) in [5.74, 6) is 0. The normalized spacial score (nSPS) is 12.7. The number of hydrogen-bond donors (Lipinski definition) is 1.